The van der Waals surface area contributed by atoms with Gasteiger partial charge in [0.2, 0.25) is 0 Å². The predicted octanol–water partition coefficient (Wildman–Crippen LogP) is 7.44. The Morgan fingerprint density at radius 3 is 2.21 bits per heavy atom. The zero-order valence-electron chi connectivity index (χ0n) is 19.7. The van der Waals surface area contributed by atoms with E-state index in [1.54, 1.807) is 37.4 Å². The first kappa shape index (κ1) is 25.8. The molecule has 0 unspecified atom stereocenters. The lowest BCUT2D eigenvalue weighted by atomic mass is 9.95. The summed E-state index contributed by atoms with van der Waals surface area (Å²) in [4.78, 5) is 15.1. The van der Waals surface area contributed by atoms with Crippen molar-refractivity contribution in [2.24, 2.45) is 5.41 Å². The van der Waals surface area contributed by atoms with Crippen LogP contribution in [0, 0.1) is 18.2 Å². The summed E-state index contributed by atoms with van der Waals surface area (Å²) < 4.78 is 58.0. The summed E-state index contributed by atoms with van der Waals surface area (Å²) in [5.41, 5.74) is -0.465. The van der Waals surface area contributed by atoms with Gasteiger partial charge in [-0.25, -0.2) is 4.39 Å². The van der Waals surface area contributed by atoms with Gasteiger partial charge in [-0.2, -0.15) is 13.2 Å². The summed E-state index contributed by atoms with van der Waals surface area (Å²) in [7, 11) is 1.57. The standard InChI is InChI=1S/C26H27ClF4N2O/c1-16-21(18-11-12-20(28)19(27)13-18)22(24(34)32(5)15-25(2,3)4)33(23(16)26(29,30)31)14-17-9-7-6-8-10-17/h6-13H,14-15H2,1-5H3. The third-order valence-corrected chi connectivity index (χ3v) is 5.72. The molecule has 3 rings (SSSR count). The highest BCUT2D eigenvalue weighted by atomic mass is 35.5. The molecule has 0 aliphatic rings. The van der Waals surface area contributed by atoms with Crippen molar-refractivity contribution < 1.29 is 22.4 Å². The van der Waals surface area contributed by atoms with Gasteiger partial charge in [-0.05, 0) is 41.2 Å². The Morgan fingerprint density at radius 1 is 1.06 bits per heavy atom. The number of amides is 1. The molecule has 0 aliphatic heterocycles. The zero-order chi connectivity index (χ0) is 25.4. The summed E-state index contributed by atoms with van der Waals surface area (Å²) in [6, 6.07) is 12.3. The summed E-state index contributed by atoms with van der Waals surface area (Å²) in [6.07, 6.45) is -4.72. The van der Waals surface area contributed by atoms with Crippen LogP contribution in [0.5, 0.6) is 0 Å². The van der Waals surface area contributed by atoms with Gasteiger partial charge in [0.1, 0.15) is 17.2 Å². The largest absolute Gasteiger partial charge is 0.431 e. The number of carbonyl (C=O) groups excluding carboxylic acids is 1. The van der Waals surface area contributed by atoms with E-state index in [9.17, 15) is 22.4 Å². The van der Waals surface area contributed by atoms with E-state index in [1.807, 2.05) is 20.8 Å². The molecule has 8 heteroatoms. The first-order valence-corrected chi connectivity index (χ1v) is 11.1. The third kappa shape index (κ3) is 5.46. The monoisotopic (exact) mass is 494 g/mol. The van der Waals surface area contributed by atoms with Crippen LogP contribution in [-0.2, 0) is 12.7 Å². The molecule has 0 spiro atoms. The lowest BCUT2D eigenvalue weighted by Crippen LogP contribution is -2.36. The number of halogens is 5. The molecule has 0 radical (unpaired) electrons. The number of rotatable bonds is 5. The Hall–Kier alpha value is -2.80. The first-order valence-electron chi connectivity index (χ1n) is 10.8. The number of alkyl halides is 3. The number of hydrogen-bond donors (Lipinski definition) is 0. The highest BCUT2D eigenvalue weighted by Crippen LogP contribution is 2.42. The molecule has 3 nitrogen and oxygen atoms in total. The van der Waals surface area contributed by atoms with Gasteiger partial charge in [0, 0.05) is 25.7 Å². The van der Waals surface area contributed by atoms with Crippen LogP contribution in [0.4, 0.5) is 17.6 Å². The van der Waals surface area contributed by atoms with Crippen LogP contribution in [-0.4, -0.2) is 29.0 Å². The maximum absolute atomic E-state index is 14.4. The molecule has 0 atom stereocenters. The second-order valence-corrected chi connectivity index (χ2v) is 10.0. The molecule has 182 valence electrons. The third-order valence-electron chi connectivity index (χ3n) is 5.43. The molecule has 34 heavy (non-hydrogen) atoms. The second kappa shape index (κ2) is 9.45. The van der Waals surface area contributed by atoms with Crippen LogP contribution in [0.1, 0.15) is 48.1 Å². The molecular weight excluding hydrogens is 468 g/mol. The highest BCUT2D eigenvalue weighted by molar-refractivity contribution is 6.31. The van der Waals surface area contributed by atoms with Crippen LogP contribution in [0.2, 0.25) is 5.02 Å². The molecular formula is C26H27ClF4N2O. The van der Waals surface area contributed by atoms with Crippen molar-refractivity contribution in [3.63, 3.8) is 0 Å². The average Bonchev–Trinajstić information content (AvgIpc) is 3.00. The molecule has 0 fully saturated rings. The van der Waals surface area contributed by atoms with Crippen LogP contribution in [0.25, 0.3) is 11.1 Å². The minimum atomic E-state index is -4.72. The highest BCUT2D eigenvalue weighted by Gasteiger charge is 2.41. The lowest BCUT2D eigenvalue weighted by molar-refractivity contribution is -0.143. The zero-order valence-corrected chi connectivity index (χ0v) is 20.5. The van der Waals surface area contributed by atoms with Gasteiger partial charge in [-0.15, -0.1) is 0 Å². The Morgan fingerprint density at radius 2 is 1.68 bits per heavy atom. The van der Waals surface area contributed by atoms with Crippen molar-refractivity contribution in [1.29, 1.82) is 0 Å². The molecule has 1 aromatic heterocycles. The second-order valence-electron chi connectivity index (χ2n) is 9.62. The Balaban J connectivity index is 2.35. The minimum Gasteiger partial charge on any atom is -0.340 e. The Kier molecular flexibility index (Phi) is 7.18. The minimum absolute atomic E-state index is 0.0934. The van der Waals surface area contributed by atoms with E-state index in [-0.39, 0.29) is 39.4 Å². The van der Waals surface area contributed by atoms with E-state index in [1.165, 1.54) is 24.0 Å². The van der Waals surface area contributed by atoms with Crippen molar-refractivity contribution >= 4 is 17.5 Å². The van der Waals surface area contributed by atoms with Crippen LogP contribution >= 0.6 is 11.6 Å². The van der Waals surface area contributed by atoms with Gasteiger partial charge in [-0.3, -0.25) is 4.79 Å². The smallest absolute Gasteiger partial charge is 0.340 e. The van der Waals surface area contributed by atoms with E-state index < -0.39 is 23.6 Å². The van der Waals surface area contributed by atoms with Gasteiger partial charge >= 0.3 is 6.18 Å². The molecule has 0 bridgehead atoms. The predicted molar refractivity (Wildman–Crippen MR) is 127 cm³/mol. The average molecular weight is 495 g/mol. The molecule has 2 aromatic carbocycles. The van der Waals surface area contributed by atoms with Crippen molar-refractivity contribution in [3.8, 4) is 11.1 Å². The fourth-order valence-corrected chi connectivity index (χ4v) is 4.41. The lowest BCUT2D eigenvalue weighted by Gasteiger charge is -2.28. The van der Waals surface area contributed by atoms with E-state index in [0.717, 1.165) is 10.6 Å². The van der Waals surface area contributed by atoms with Crippen molar-refractivity contribution in [2.45, 2.75) is 40.4 Å². The molecule has 3 aromatic rings. The number of nitrogens with zero attached hydrogens (tertiary/aromatic N) is 2. The molecule has 0 aliphatic carbocycles. The van der Waals surface area contributed by atoms with E-state index in [4.69, 9.17) is 11.6 Å². The summed E-state index contributed by atoms with van der Waals surface area (Å²) in [5, 5.41) is -0.234. The first-order chi connectivity index (χ1) is 15.7. The van der Waals surface area contributed by atoms with Gasteiger partial charge in [0.15, 0.2) is 0 Å². The summed E-state index contributed by atoms with van der Waals surface area (Å²) in [5.74, 6) is -1.25. The normalized spacial score (nSPS) is 12.2. The molecule has 0 saturated heterocycles. The van der Waals surface area contributed by atoms with E-state index >= 15 is 0 Å². The molecule has 0 N–H and O–H groups in total. The Labute approximate surface area is 202 Å². The van der Waals surface area contributed by atoms with Crippen molar-refractivity contribution in [2.75, 3.05) is 13.6 Å². The number of aromatic nitrogens is 1. The van der Waals surface area contributed by atoms with Gasteiger partial charge in [-0.1, -0.05) is 68.8 Å². The SMILES string of the molecule is Cc1c(-c2ccc(F)c(Cl)c2)c(C(=O)N(C)CC(C)(C)C)n(Cc2ccccc2)c1C(F)(F)F. The summed E-state index contributed by atoms with van der Waals surface area (Å²) in [6.45, 7) is 7.31. The number of carbonyl (C=O) groups is 1. The molecule has 0 saturated carbocycles. The van der Waals surface area contributed by atoms with Gasteiger partial charge in [0.05, 0.1) is 5.02 Å². The fraction of sp³-hybridized carbons (Fsp3) is 0.346. The van der Waals surface area contributed by atoms with Gasteiger partial charge < -0.3 is 9.47 Å². The fourth-order valence-electron chi connectivity index (χ4n) is 4.23. The van der Waals surface area contributed by atoms with Crippen LogP contribution in [0.15, 0.2) is 48.5 Å². The van der Waals surface area contributed by atoms with Crippen LogP contribution in [0.3, 0.4) is 0 Å². The van der Waals surface area contributed by atoms with Crippen LogP contribution < -0.4 is 0 Å². The molecule has 1 heterocycles. The maximum atomic E-state index is 14.4. The van der Waals surface area contributed by atoms with E-state index in [0.29, 0.717) is 12.1 Å². The van der Waals surface area contributed by atoms with Gasteiger partial charge in [0.25, 0.3) is 5.91 Å². The van der Waals surface area contributed by atoms with Crippen molar-refractivity contribution in [1.82, 2.24) is 9.47 Å². The van der Waals surface area contributed by atoms with E-state index in [2.05, 4.69) is 0 Å². The number of hydrogen-bond acceptors (Lipinski definition) is 1. The maximum Gasteiger partial charge on any atom is 0.431 e. The number of benzene rings is 2. The topological polar surface area (TPSA) is 25.2 Å². The van der Waals surface area contributed by atoms with Crippen molar-refractivity contribution in [3.05, 3.63) is 81.9 Å². The quantitative estimate of drug-likeness (QED) is 0.338. The molecule has 1 amide bonds. The Bertz CT molecular complexity index is 1190. The summed E-state index contributed by atoms with van der Waals surface area (Å²) >= 11 is 5.96.